The van der Waals surface area contributed by atoms with Gasteiger partial charge >= 0.3 is 0 Å². The fourth-order valence-electron chi connectivity index (χ4n) is 2.87. The van der Waals surface area contributed by atoms with E-state index in [1.165, 1.54) is 17.7 Å². The summed E-state index contributed by atoms with van der Waals surface area (Å²) in [5.74, 6) is 0. The van der Waals surface area contributed by atoms with E-state index < -0.39 is 0 Å². The number of oxazole rings is 1. The highest BCUT2D eigenvalue weighted by Crippen LogP contribution is 2.33. The molecule has 2 N–H and O–H groups in total. The molecule has 0 bridgehead atoms. The molecule has 0 fully saturated rings. The molecule has 3 heterocycles. The number of nitrogens with zero attached hydrogens (tertiary/aromatic N) is 3. The van der Waals surface area contributed by atoms with Crippen LogP contribution in [0.25, 0.3) is 22.2 Å². The second kappa shape index (κ2) is 3.93. The van der Waals surface area contributed by atoms with E-state index in [0.717, 1.165) is 41.7 Å². The van der Waals surface area contributed by atoms with Crippen molar-refractivity contribution in [3.05, 3.63) is 36.0 Å². The first kappa shape index (κ1) is 10.8. The lowest BCUT2D eigenvalue weighted by atomic mass is 10.0. The Morgan fingerprint density at radius 2 is 2.32 bits per heavy atom. The zero-order valence-electron chi connectivity index (χ0n) is 10.5. The molecule has 0 radical (unpaired) electrons. The van der Waals surface area contributed by atoms with Gasteiger partial charge in [-0.1, -0.05) is 6.07 Å². The first-order valence-corrected chi connectivity index (χ1v) is 6.49. The van der Waals surface area contributed by atoms with Crippen LogP contribution in [0, 0.1) is 0 Å². The van der Waals surface area contributed by atoms with Gasteiger partial charge in [0, 0.05) is 24.3 Å². The second-order valence-electron chi connectivity index (χ2n) is 4.83. The zero-order chi connectivity index (χ0) is 12.8. The van der Waals surface area contributed by atoms with E-state index in [1.54, 1.807) is 0 Å². The lowest BCUT2D eigenvalue weighted by Crippen LogP contribution is -2.01. The highest BCUT2D eigenvalue weighted by atomic mass is 16.3. The van der Waals surface area contributed by atoms with Gasteiger partial charge < -0.3 is 10.2 Å². The molecule has 0 amide bonds. The molecule has 1 aromatic carbocycles. The van der Waals surface area contributed by atoms with Crippen molar-refractivity contribution in [1.29, 1.82) is 0 Å². The number of hydrogen-bond donors (Lipinski definition) is 1. The Morgan fingerprint density at radius 1 is 1.37 bits per heavy atom. The summed E-state index contributed by atoms with van der Waals surface area (Å²) in [4.78, 5) is 4.14. The fourth-order valence-corrected chi connectivity index (χ4v) is 2.87. The Labute approximate surface area is 110 Å². The minimum atomic E-state index is 0.462. The van der Waals surface area contributed by atoms with Crippen molar-refractivity contribution in [2.45, 2.75) is 25.9 Å². The molecule has 3 aromatic rings. The lowest BCUT2D eigenvalue weighted by Gasteiger charge is -2.03. The summed E-state index contributed by atoms with van der Waals surface area (Å²) in [6.07, 6.45) is 3.70. The zero-order valence-corrected chi connectivity index (χ0v) is 10.5. The smallest absolute Gasteiger partial charge is 0.181 e. The molecule has 0 spiro atoms. The summed E-state index contributed by atoms with van der Waals surface area (Å²) in [5.41, 5.74) is 12.1. The van der Waals surface area contributed by atoms with E-state index in [2.05, 4.69) is 20.8 Å². The first-order chi connectivity index (χ1) is 9.36. The van der Waals surface area contributed by atoms with Gasteiger partial charge in [-0.2, -0.15) is 5.10 Å². The molecular formula is C14H14N4O. The molecule has 0 aliphatic carbocycles. The number of aryl methyl sites for hydroxylation is 1. The highest BCUT2D eigenvalue weighted by Gasteiger charge is 2.22. The highest BCUT2D eigenvalue weighted by molar-refractivity contribution is 5.81. The third-order valence-corrected chi connectivity index (χ3v) is 3.73. The predicted molar refractivity (Wildman–Crippen MR) is 71.4 cm³/mol. The fraction of sp³-hybridized carbons (Fsp3) is 0.286. The standard InChI is InChI=1S/C14H14N4O/c15-7-11-14(12-2-1-5-18(12)17-11)9-3-4-10-13(6-9)19-8-16-10/h3-4,6,8H,1-2,5,7,15H2. The quantitative estimate of drug-likeness (QED) is 0.760. The van der Waals surface area contributed by atoms with Gasteiger partial charge in [-0.3, -0.25) is 4.68 Å². The van der Waals surface area contributed by atoms with Gasteiger partial charge in [0.15, 0.2) is 12.0 Å². The van der Waals surface area contributed by atoms with Crippen LogP contribution >= 0.6 is 0 Å². The molecule has 0 atom stereocenters. The molecule has 0 saturated heterocycles. The number of hydrogen-bond acceptors (Lipinski definition) is 4. The molecule has 2 aromatic heterocycles. The summed E-state index contributed by atoms with van der Waals surface area (Å²) in [7, 11) is 0. The largest absolute Gasteiger partial charge is 0.443 e. The van der Waals surface area contributed by atoms with E-state index in [9.17, 15) is 0 Å². The average Bonchev–Trinajstić information content (AvgIpc) is 3.11. The third-order valence-electron chi connectivity index (χ3n) is 3.73. The van der Waals surface area contributed by atoms with Gasteiger partial charge in [0.05, 0.1) is 5.69 Å². The van der Waals surface area contributed by atoms with Crippen molar-refractivity contribution >= 4 is 11.1 Å². The molecular weight excluding hydrogens is 240 g/mol. The van der Waals surface area contributed by atoms with E-state index in [1.807, 2.05) is 12.1 Å². The SMILES string of the molecule is NCc1nn2c(c1-c1ccc3ncoc3c1)CCC2. The summed E-state index contributed by atoms with van der Waals surface area (Å²) < 4.78 is 7.47. The summed E-state index contributed by atoms with van der Waals surface area (Å²) in [6.45, 7) is 1.46. The second-order valence-corrected chi connectivity index (χ2v) is 4.83. The van der Waals surface area contributed by atoms with Gasteiger partial charge in [-0.25, -0.2) is 4.98 Å². The maximum absolute atomic E-state index is 5.83. The van der Waals surface area contributed by atoms with E-state index in [0.29, 0.717) is 6.54 Å². The number of nitrogens with two attached hydrogens (primary N) is 1. The molecule has 0 unspecified atom stereocenters. The minimum Gasteiger partial charge on any atom is -0.443 e. The molecule has 0 saturated carbocycles. The number of aromatic nitrogens is 3. The Kier molecular flexibility index (Phi) is 2.22. The molecule has 5 nitrogen and oxygen atoms in total. The topological polar surface area (TPSA) is 69.9 Å². The molecule has 5 heteroatoms. The van der Waals surface area contributed by atoms with Crippen LogP contribution in [-0.4, -0.2) is 14.8 Å². The van der Waals surface area contributed by atoms with Crippen LogP contribution in [0.4, 0.5) is 0 Å². The Morgan fingerprint density at radius 3 is 3.21 bits per heavy atom. The summed E-state index contributed by atoms with van der Waals surface area (Å²) in [6, 6.07) is 6.07. The Balaban J connectivity index is 1.95. The van der Waals surface area contributed by atoms with Gasteiger partial charge in [0.1, 0.15) is 5.52 Å². The van der Waals surface area contributed by atoms with E-state index >= 15 is 0 Å². The average molecular weight is 254 g/mol. The number of fused-ring (bicyclic) bond motifs is 2. The van der Waals surface area contributed by atoms with Gasteiger partial charge in [-0.15, -0.1) is 0 Å². The monoisotopic (exact) mass is 254 g/mol. The summed E-state index contributed by atoms with van der Waals surface area (Å²) in [5, 5.41) is 4.60. The van der Waals surface area contributed by atoms with Crippen LogP contribution in [0.5, 0.6) is 0 Å². The minimum absolute atomic E-state index is 0.462. The van der Waals surface area contributed by atoms with E-state index in [4.69, 9.17) is 10.2 Å². The van der Waals surface area contributed by atoms with Gasteiger partial charge in [0.25, 0.3) is 0 Å². The van der Waals surface area contributed by atoms with Crippen LogP contribution < -0.4 is 5.73 Å². The van der Waals surface area contributed by atoms with E-state index in [-0.39, 0.29) is 0 Å². The van der Waals surface area contributed by atoms with Crippen LogP contribution in [0.2, 0.25) is 0 Å². The van der Waals surface area contributed by atoms with Crippen LogP contribution in [-0.2, 0) is 19.5 Å². The molecule has 4 rings (SSSR count). The van der Waals surface area contributed by atoms with Crippen molar-refractivity contribution in [3.63, 3.8) is 0 Å². The van der Waals surface area contributed by atoms with Crippen LogP contribution in [0.3, 0.4) is 0 Å². The lowest BCUT2D eigenvalue weighted by molar-refractivity contribution is 0.602. The molecule has 96 valence electrons. The molecule has 1 aliphatic rings. The molecule has 1 aliphatic heterocycles. The van der Waals surface area contributed by atoms with Crippen molar-refractivity contribution in [2.24, 2.45) is 5.73 Å². The maximum Gasteiger partial charge on any atom is 0.181 e. The van der Waals surface area contributed by atoms with Gasteiger partial charge in [0.2, 0.25) is 0 Å². The van der Waals surface area contributed by atoms with Crippen molar-refractivity contribution in [1.82, 2.24) is 14.8 Å². The van der Waals surface area contributed by atoms with Crippen molar-refractivity contribution in [3.8, 4) is 11.1 Å². The van der Waals surface area contributed by atoms with Gasteiger partial charge in [-0.05, 0) is 30.5 Å². The first-order valence-electron chi connectivity index (χ1n) is 6.49. The summed E-state index contributed by atoms with van der Waals surface area (Å²) >= 11 is 0. The Hall–Kier alpha value is -2.14. The third kappa shape index (κ3) is 1.51. The predicted octanol–water partition coefficient (Wildman–Crippen LogP) is 2.10. The van der Waals surface area contributed by atoms with Crippen LogP contribution in [0.15, 0.2) is 29.0 Å². The van der Waals surface area contributed by atoms with Crippen molar-refractivity contribution in [2.75, 3.05) is 0 Å². The number of rotatable bonds is 2. The number of benzene rings is 1. The van der Waals surface area contributed by atoms with Crippen molar-refractivity contribution < 1.29 is 4.42 Å². The molecule has 19 heavy (non-hydrogen) atoms. The maximum atomic E-state index is 5.83. The normalized spacial score (nSPS) is 14.2. The Bertz CT molecular complexity index is 756. The van der Waals surface area contributed by atoms with Crippen LogP contribution in [0.1, 0.15) is 17.8 Å².